The third-order valence-corrected chi connectivity index (χ3v) is 4.09. The predicted molar refractivity (Wildman–Crippen MR) is 95.4 cm³/mol. The van der Waals surface area contributed by atoms with E-state index in [1.807, 2.05) is 24.4 Å². The minimum atomic E-state index is -0.108. The summed E-state index contributed by atoms with van der Waals surface area (Å²) in [7, 11) is 0. The fourth-order valence-corrected chi connectivity index (χ4v) is 2.76. The number of aromatic nitrogens is 2. The summed E-state index contributed by atoms with van der Waals surface area (Å²) in [5.41, 5.74) is 2.02. The second-order valence-corrected chi connectivity index (χ2v) is 5.90. The molecule has 1 saturated heterocycles. The lowest BCUT2D eigenvalue weighted by molar-refractivity contribution is -0.116. The summed E-state index contributed by atoms with van der Waals surface area (Å²) in [4.78, 5) is 22.7. The highest BCUT2D eigenvalue weighted by molar-refractivity contribution is 5.91. The third-order valence-electron chi connectivity index (χ3n) is 4.09. The van der Waals surface area contributed by atoms with Gasteiger partial charge in [0.15, 0.2) is 0 Å². The van der Waals surface area contributed by atoms with E-state index in [9.17, 15) is 4.79 Å². The summed E-state index contributed by atoms with van der Waals surface area (Å²) >= 11 is 0. The second kappa shape index (κ2) is 8.24. The molecule has 124 valence electrons. The first-order valence-electron chi connectivity index (χ1n) is 8.37. The first-order chi connectivity index (χ1) is 11.8. The Morgan fingerprint density at radius 2 is 1.92 bits per heavy atom. The number of nitrogens with one attached hydrogen (secondary N) is 1. The van der Waals surface area contributed by atoms with Crippen LogP contribution >= 0.6 is 0 Å². The van der Waals surface area contributed by atoms with E-state index >= 15 is 0 Å². The Hall–Kier alpha value is -2.69. The Labute approximate surface area is 142 Å². The number of amides is 1. The average Bonchev–Trinajstić information content (AvgIpc) is 2.66. The van der Waals surface area contributed by atoms with E-state index in [2.05, 4.69) is 26.3 Å². The van der Waals surface area contributed by atoms with Crippen LogP contribution in [0.2, 0.25) is 0 Å². The molecule has 2 aromatic heterocycles. The van der Waals surface area contributed by atoms with Crippen LogP contribution in [0.15, 0.2) is 48.9 Å². The van der Waals surface area contributed by atoms with Crippen LogP contribution in [0.1, 0.15) is 30.4 Å². The number of rotatable bonds is 5. The van der Waals surface area contributed by atoms with Gasteiger partial charge in [-0.2, -0.15) is 0 Å². The summed E-state index contributed by atoms with van der Waals surface area (Å²) in [5.74, 6) is 0.900. The zero-order valence-electron chi connectivity index (χ0n) is 13.7. The molecule has 0 atom stereocenters. The Morgan fingerprint density at radius 3 is 2.71 bits per heavy atom. The lowest BCUT2D eigenvalue weighted by Crippen LogP contribution is -2.30. The van der Waals surface area contributed by atoms with E-state index < -0.39 is 0 Å². The maximum absolute atomic E-state index is 11.9. The standard InChI is InChI=1S/C19H22N4O/c24-19(5-4-16-6-9-20-10-7-16)22-15-17-8-11-21-18(14-17)23-12-2-1-3-13-23/h4-11,14H,1-3,12-13,15H2,(H,22,24)/b5-4+. The number of anilines is 1. The first-order valence-corrected chi connectivity index (χ1v) is 8.37. The second-order valence-electron chi connectivity index (χ2n) is 5.90. The van der Waals surface area contributed by atoms with E-state index in [1.165, 1.54) is 19.3 Å². The van der Waals surface area contributed by atoms with Gasteiger partial charge in [-0.05, 0) is 60.7 Å². The van der Waals surface area contributed by atoms with E-state index in [4.69, 9.17) is 0 Å². The molecule has 1 fully saturated rings. The maximum Gasteiger partial charge on any atom is 0.244 e. The Kier molecular flexibility index (Phi) is 5.56. The molecule has 5 heteroatoms. The van der Waals surface area contributed by atoms with Gasteiger partial charge in [0.2, 0.25) is 5.91 Å². The minimum absolute atomic E-state index is 0.108. The van der Waals surface area contributed by atoms with Crippen LogP contribution in [0.4, 0.5) is 5.82 Å². The largest absolute Gasteiger partial charge is 0.357 e. The Balaban J connectivity index is 1.54. The van der Waals surface area contributed by atoms with Crippen LogP contribution in [0, 0.1) is 0 Å². The lowest BCUT2D eigenvalue weighted by atomic mass is 10.1. The SMILES string of the molecule is O=C(/C=C/c1ccncc1)NCc1ccnc(N2CCCCC2)c1. The molecular weight excluding hydrogens is 300 g/mol. The number of hydrogen-bond acceptors (Lipinski definition) is 4. The first kappa shape index (κ1) is 16.2. The van der Waals surface area contributed by atoms with Crippen molar-refractivity contribution < 1.29 is 4.79 Å². The van der Waals surface area contributed by atoms with Crippen molar-refractivity contribution >= 4 is 17.8 Å². The molecule has 0 aromatic carbocycles. The van der Waals surface area contributed by atoms with Gasteiger partial charge in [0.05, 0.1) is 0 Å². The minimum Gasteiger partial charge on any atom is -0.357 e. The van der Waals surface area contributed by atoms with Gasteiger partial charge in [-0.15, -0.1) is 0 Å². The molecular formula is C19H22N4O. The molecule has 2 aromatic rings. The van der Waals surface area contributed by atoms with Gasteiger partial charge in [0, 0.05) is 44.3 Å². The number of piperidine rings is 1. The van der Waals surface area contributed by atoms with E-state index in [-0.39, 0.29) is 5.91 Å². The molecule has 3 rings (SSSR count). The fourth-order valence-electron chi connectivity index (χ4n) is 2.76. The lowest BCUT2D eigenvalue weighted by Gasteiger charge is -2.27. The predicted octanol–water partition coefficient (Wildman–Crippen LogP) is 2.80. The molecule has 0 spiro atoms. The topological polar surface area (TPSA) is 58.1 Å². The normalized spacial score (nSPS) is 14.8. The molecule has 0 bridgehead atoms. The number of carbonyl (C=O) groups is 1. The van der Waals surface area contributed by atoms with Crippen LogP contribution in [-0.2, 0) is 11.3 Å². The van der Waals surface area contributed by atoms with Crippen LogP contribution in [0.25, 0.3) is 6.08 Å². The number of hydrogen-bond donors (Lipinski definition) is 1. The highest BCUT2D eigenvalue weighted by atomic mass is 16.1. The van der Waals surface area contributed by atoms with Gasteiger partial charge in [-0.25, -0.2) is 4.98 Å². The van der Waals surface area contributed by atoms with Crippen LogP contribution < -0.4 is 10.2 Å². The molecule has 24 heavy (non-hydrogen) atoms. The van der Waals surface area contributed by atoms with Crippen LogP contribution in [0.3, 0.4) is 0 Å². The van der Waals surface area contributed by atoms with Crippen molar-refractivity contribution in [1.82, 2.24) is 15.3 Å². The molecule has 3 heterocycles. The van der Waals surface area contributed by atoms with Gasteiger partial charge >= 0.3 is 0 Å². The molecule has 1 amide bonds. The molecule has 0 unspecified atom stereocenters. The van der Waals surface area contributed by atoms with Crippen molar-refractivity contribution in [3.05, 3.63) is 60.1 Å². The highest BCUT2D eigenvalue weighted by Crippen LogP contribution is 2.18. The zero-order chi connectivity index (χ0) is 16.6. The Bertz CT molecular complexity index is 694. The third kappa shape index (κ3) is 4.65. The molecule has 1 aliphatic heterocycles. The number of nitrogens with zero attached hydrogens (tertiary/aromatic N) is 3. The number of pyridine rings is 2. The maximum atomic E-state index is 11.9. The number of carbonyl (C=O) groups excluding carboxylic acids is 1. The smallest absolute Gasteiger partial charge is 0.244 e. The molecule has 0 aliphatic carbocycles. The molecule has 0 radical (unpaired) electrons. The van der Waals surface area contributed by atoms with Crippen molar-refractivity contribution in [3.8, 4) is 0 Å². The van der Waals surface area contributed by atoms with E-state index in [0.717, 1.165) is 30.0 Å². The summed E-state index contributed by atoms with van der Waals surface area (Å²) in [5, 5.41) is 2.91. The van der Waals surface area contributed by atoms with Crippen molar-refractivity contribution in [2.45, 2.75) is 25.8 Å². The summed E-state index contributed by atoms with van der Waals surface area (Å²) in [6, 6.07) is 7.73. The van der Waals surface area contributed by atoms with Gasteiger partial charge in [0.1, 0.15) is 5.82 Å². The average molecular weight is 322 g/mol. The quantitative estimate of drug-likeness (QED) is 0.860. The van der Waals surface area contributed by atoms with Gasteiger partial charge in [-0.1, -0.05) is 0 Å². The van der Waals surface area contributed by atoms with Crippen molar-refractivity contribution in [3.63, 3.8) is 0 Å². The Morgan fingerprint density at radius 1 is 1.12 bits per heavy atom. The molecule has 0 saturated carbocycles. The fraction of sp³-hybridized carbons (Fsp3) is 0.316. The molecule has 5 nitrogen and oxygen atoms in total. The summed E-state index contributed by atoms with van der Waals surface area (Å²) < 4.78 is 0. The van der Waals surface area contributed by atoms with Gasteiger partial charge < -0.3 is 10.2 Å². The van der Waals surface area contributed by atoms with Crippen molar-refractivity contribution in [2.75, 3.05) is 18.0 Å². The van der Waals surface area contributed by atoms with Gasteiger partial charge in [0.25, 0.3) is 0 Å². The van der Waals surface area contributed by atoms with Crippen LogP contribution in [-0.4, -0.2) is 29.0 Å². The van der Waals surface area contributed by atoms with Crippen LogP contribution in [0.5, 0.6) is 0 Å². The summed E-state index contributed by atoms with van der Waals surface area (Å²) in [6.45, 7) is 2.64. The van der Waals surface area contributed by atoms with E-state index in [0.29, 0.717) is 6.54 Å². The van der Waals surface area contributed by atoms with Crippen molar-refractivity contribution in [1.29, 1.82) is 0 Å². The monoisotopic (exact) mass is 322 g/mol. The summed E-state index contributed by atoms with van der Waals surface area (Å²) in [6.07, 6.45) is 12.3. The molecule has 1 N–H and O–H groups in total. The van der Waals surface area contributed by atoms with E-state index in [1.54, 1.807) is 24.5 Å². The zero-order valence-corrected chi connectivity index (χ0v) is 13.7. The highest BCUT2D eigenvalue weighted by Gasteiger charge is 2.12. The van der Waals surface area contributed by atoms with Gasteiger partial charge in [-0.3, -0.25) is 9.78 Å². The molecule has 1 aliphatic rings. The van der Waals surface area contributed by atoms with Crippen molar-refractivity contribution in [2.24, 2.45) is 0 Å².